The molecule has 1 aromatic rings. The molecule has 98 valence electrons. The van der Waals surface area contributed by atoms with E-state index in [2.05, 4.69) is 26.6 Å². The Bertz CT molecular complexity index is 433. The molecule has 1 aliphatic rings. The number of ether oxygens (including phenoxy) is 2. The van der Waals surface area contributed by atoms with Crippen LogP contribution < -0.4 is 15.4 Å². The van der Waals surface area contributed by atoms with E-state index in [1.165, 1.54) is 0 Å². The van der Waals surface area contributed by atoms with Crippen molar-refractivity contribution in [1.82, 2.24) is 5.32 Å². The maximum atomic E-state index is 11.8. The smallest absolute Gasteiger partial charge is 0.319 e. The topological polar surface area (TPSA) is 59.6 Å². The molecule has 0 saturated carbocycles. The standard InChI is InChI=1S/C12H15BrN2O3/c1-17-11-3-2-8(13)6-10(11)15-12(16)14-9-4-5-18-7-9/h2-3,6,9H,4-5,7H2,1H3,(H2,14,15,16). The first-order valence-corrected chi connectivity index (χ1v) is 6.47. The fourth-order valence-corrected chi connectivity index (χ4v) is 2.13. The van der Waals surface area contributed by atoms with Crippen LogP contribution in [-0.2, 0) is 4.74 Å². The van der Waals surface area contributed by atoms with Gasteiger partial charge in [-0.05, 0) is 24.6 Å². The summed E-state index contributed by atoms with van der Waals surface area (Å²) in [4.78, 5) is 11.8. The molecule has 1 fully saturated rings. The first kappa shape index (κ1) is 13.2. The van der Waals surface area contributed by atoms with E-state index in [0.717, 1.165) is 10.9 Å². The largest absolute Gasteiger partial charge is 0.495 e. The first-order chi connectivity index (χ1) is 8.69. The molecule has 0 spiro atoms. The summed E-state index contributed by atoms with van der Waals surface area (Å²) in [5.74, 6) is 0.621. The van der Waals surface area contributed by atoms with Crippen molar-refractivity contribution in [2.24, 2.45) is 0 Å². The lowest BCUT2D eigenvalue weighted by Crippen LogP contribution is -2.38. The van der Waals surface area contributed by atoms with Crippen LogP contribution in [0.2, 0.25) is 0 Å². The van der Waals surface area contributed by atoms with Crippen LogP contribution in [0.5, 0.6) is 5.75 Å². The van der Waals surface area contributed by atoms with Crippen molar-refractivity contribution in [2.45, 2.75) is 12.5 Å². The quantitative estimate of drug-likeness (QED) is 0.900. The van der Waals surface area contributed by atoms with Crippen molar-refractivity contribution in [3.63, 3.8) is 0 Å². The van der Waals surface area contributed by atoms with Gasteiger partial charge in [-0.25, -0.2) is 4.79 Å². The third-order valence-electron chi connectivity index (χ3n) is 2.67. The van der Waals surface area contributed by atoms with Crippen LogP contribution in [0.1, 0.15) is 6.42 Å². The third-order valence-corrected chi connectivity index (χ3v) is 3.17. The van der Waals surface area contributed by atoms with E-state index < -0.39 is 0 Å². The number of halogens is 1. The van der Waals surface area contributed by atoms with Gasteiger partial charge in [-0.3, -0.25) is 0 Å². The Morgan fingerprint density at radius 1 is 1.56 bits per heavy atom. The van der Waals surface area contributed by atoms with E-state index >= 15 is 0 Å². The minimum Gasteiger partial charge on any atom is -0.495 e. The van der Waals surface area contributed by atoms with Crippen molar-refractivity contribution < 1.29 is 14.3 Å². The van der Waals surface area contributed by atoms with E-state index in [0.29, 0.717) is 24.7 Å². The van der Waals surface area contributed by atoms with Gasteiger partial charge in [0.1, 0.15) is 5.75 Å². The second-order valence-corrected chi connectivity index (χ2v) is 4.92. The molecule has 2 N–H and O–H groups in total. The monoisotopic (exact) mass is 314 g/mol. The van der Waals surface area contributed by atoms with Gasteiger partial charge in [0.25, 0.3) is 0 Å². The molecule has 1 saturated heterocycles. The van der Waals surface area contributed by atoms with Crippen molar-refractivity contribution >= 4 is 27.6 Å². The summed E-state index contributed by atoms with van der Waals surface area (Å²) in [6.45, 7) is 1.27. The zero-order valence-corrected chi connectivity index (χ0v) is 11.6. The highest BCUT2D eigenvalue weighted by Crippen LogP contribution is 2.27. The van der Waals surface area contributed by atoms with Crippen molar-refractivity contribution in [3.8, 4) is 5.75 Å². The molecule has 18 heavy (non-hydrogen) atoms. The van der Waals surface area contributed by atoms with E-state index in [9.17, 15) is 4.79 Å². The third kappa shape index (κ3) is 3.36. The zero-order chi connectivity index (χ0) is 13.0. The van der Waals surface area contributed by atoms with Crippen LogP contribution >= 0.6 is 15.9 Å². The van der Waals surface area contributed by atoms with Gasteiger partial charge in [-0.15, -0.1) is 0 Å². The molecule has 1 atom stereocenters. The summed E-state index contributed by atoms with van der Waals surface area (Å²) >= 11 is 3.36. The predicted molar refractivity (Wildman–Crippen MR) is 72.1 cm³/mol. The van der Waals surface area contributed by atoms with E-state index in [1.54, 1.807) is 19.2 Å². The number of rotatable bonds is 3. The summed E-state index contributed by atoms with van der Waals surface area (Å²) in [7, 11) is 1.57. The number of carbonyl (C=O) groups is 1. The molecule has 0 aliphatic carbocycles. The summed E-state index contributed by atoms with van der Waals surface area (Å²) in [6, 6.07) is 5.28. The fourth-order valence-electron chi connectivity index (χ4n) is 1.77. The number of urea groups is 1. The van der Waals surface area contributed by atoms with Crippen LogP contribution in [0.3, 0.4) is 0 Å². The summed E-state index contributed by atoms with van der Waals surface area (Å²) < 4.78 is 11.3. The number of nitrogens with one attached hydrogen (secondary N) is 2. The second kappa shape index (κ2) is 6.06. The lowest BCUT2D eigenvalue weighted by molar-refractivity contribution is 0.189. The van der Waals surface area contributed by atoms with E-state index in [4.69, 9.17) is 9.47 Å². The highest BCUT2D eigenvalue weighted by molar-refractivity contribution is 9.10. The van der Waals surface area contributed by atoms with Gasteiger partial charge in [0.15, 0.2) is 0 Å². The molecule has 2 rings (SSSR count). The molecular formula is C12H15BrN2O3. The average Bonchev–Trinajstić information content (AvgIpc) is 2.82. The SMILES string of the molecule is COc1ccc(Br)cc1NC(=O)NC1CCOC1. The number of hydrogen-bond donors (Lipinski definition) is 2. The molecule has 0 aromatic heterocycles. The number of benzene rings is 1. The fraction of sp³-hybridized carbons (Fsp3) is 0.417. The van der Waals surface area contributed by atoms with Crippen LogP contribution in [0.25, 0.3) is 0 Å². The Balaban J connectivity index is 1.99. The molecule has 1 heterocycles. The zero-order valence-electron chi connectivity index (χ0n) is 10.0. The normalized spacial score (nSPS) is 18.4. The van der Waals surface area contributed by atoms with Crippen LogP contribution in [0, 0.1) is 0 Å². The molecule has 6 heteroatoms. The van der Waals surface area contributed by atoms with Gasteiger partial charge >= 0.3 is 6.03 Å². The summed E-state index contributed by atoms with van der Waals surface area (Å²) in [6.07, 6.45) is 0.850. The first-order valence-electron chi connectivity index (χ1n) is 5.68. The Hall–Kier alpha value is -1.27. The lowest BCUT2D eigenvalue weighted by Gasteiger charge is -2.14. The summed E-state index contributed by atoms with van der Waals surface area (Å²) in [5, 5.41) is 5.62. The minimum atomic E-state index is -0.248. The molecule has 0 bridgehead atoms. The van der Waals surface area contributed by atoms with Crippen molar-refractivity contribution in [1.29, 1.82) is 0 Å². The maximum Gasteiger partial charge on any atom is 0.319 e. The van der Waals surface area contributed by atoms with Gasteiger partial charge in [0.2, 0.25) is 0 Å². The molecular weight excluding hydrogens is 300 g/mol. The molecule has 5 nitrogen and oxygen atoms in total. The van der Waals surface area contributed by atoms with Gasteiger partial charge in [-0.1, -0.05) is 15.9 Å². The van der Waals surface area contributed by atoms with Gasteiger partial charge in [0, 0.05) is 11.1 Å². The van der Waals surface area contributed by atoms with Crippen molar-refractivity contribution in [2.75, 3.05) is 25.6 Å². The number of hydrogen-bond acceptors (Lipinski definition) is 3. The average molecular weight is 315 g/mol. The van der Waals surface area contributed by atoms with E-state index in [-0.39, 0.29) is 12.1 Å². The van der Waals surface area contributed by atoms with E-state index in [1.807, 2.05) is 6.07 Å². The highest BCUT2D eigenvalue weighted by Gasteiger charge is 2.18. The molecule has 0 radical (unpaired) electrons. The Morgan fingerprint density at radius 2 is 2.39 bits per heavy atom. The Kier molecular flexibility index (Phi) is 4.43. The van der Waals surface area contributed by atoms with Crippen molar-refractivity contribution in [3.05, 3.63) is 22.7 Å². The van der Waals surface area contributed by atoms with Gasteiger partial charge in [-0.2, -0.15) is 0 Å². The lowest BCUT2D eigenvalue weighted by atomic mass is 10.2. The number of amides is 2. The molecule has 1 unspecified atom stereocenters. The van der Waals surface area contributed by atoms with Crippen LogP contribution in [0.4, 0.5) is 10.5 Å². The highest BCUT2D eigenvalue weighted by atomic mass is 79.9. The van der Waals surface area contributed by atoms with Crippen LogP contribution in [-0.4, -0.2) is 32.4 Å². The number of carbonyl (C=O) groups excluding carboxylic acids is 1. The summed E-state index contributed by atoms with van der Waals surface area (Å²) in [5.41, 5.74) is 0.628. The molecule has 1 aliphatic heterocycles. The number of methoxy groups -OCH3 is 1. The predicted octanol–water partition coefficient (Wildman–Crippen LogP) is 2.37. The van der Waals surface area contributed by atoms with Gasteiger partial charge < -0.3 is 20.1 Å². The molecule has 2 amide bonds. The number of anilines is 1. The second-order valence-electron chi connectivity index (χ2n) is 4.00. The maximum absolute atomic E-state index is 11.8. The van der Waals surface area contributed by atoms with Gasteiger partial charge in [0.05, 0.1) is 25.4 Å². The molecule has 1 aromatic carbocycles. The van der Waals surface area contributed by atoms with Crippen LogP contribution in [0.15, 0.2) is 22.7 Å². The Morgan fingerprint density at radius 3 is 3.06 bits per heavy atom. The minimum absolute atomic E-state index is 0.0862. The Labute approximate surface area is 114 Å².